The molecular weight excluding hydrogens is 286 g/mol. The maximum Gasteiger partial charge on any atom is 0.185 e. The molecule has 23 heavy (non-hydrogen) atoms. The molecule has 0 saturated heterocycles. The molecule has 0 aliphatic rings. The van der Waals surface area contributed by atoms with E-state index in [1.54, 1.807) is 18.4 Å². The van der Waals surface area contributed by atoms with Crippen LogP contribution in [0.25, 0.3) is 11.8 Å². The van der Waals surface area contributed by atoms with Gasteiger partial charge in [-0.3, -0.25) is 4.79 Å². The van der Waals surface area contributed by atoms with Crippen LogP contribution in [0.4, 0.5) is 0 Å². The number of carbonyl (C=O) groups is 1. The highest BCUT2D eigenvalue weighted by Crippen LogP contribution is 2.12. The number of allylic oxidation sites excluding steroid dienone is 3. The number of hydrogen-bond donors (Lipinski definition) is 0. The number of nitrogens with zero attached hydrogens (tertiary/aromatic N) is 1. The number of aromatic nitrogens is 1. The Kier molecular flexibility index (Phi) is 4.39. The van der Waals surface area contributed by atoms with Gasteiger partial charge in [0.05, 0.1) is 6.26 Å². The molecule has 0 atom stereocenters. The fourth-order valence-electron chi connectivity index (χ4n) is 2.25. The molecule has 0 radical (unpaired) electrons. The van der Waals surface area contributed by atoms with Crippen LogP contribution in [0.3, 0.4) is 0 Å². The Labute approximate surface area is 135 Å². The van der Waals surface area contributed by atoms with E-state index >= 15 is 0 Å². The van der Waals surface area contributed by atoms with E-state index < -0.39 is 0 Å². The van der Waals surface area contributed by atoms with Crippen molar-refractivity contribution in [2.24, 2.45) is 0 Å². The van der Waals surface area contributed by atoms with Crippen molar-refractivity contribution in [3.8, 4) is 5.69 Å². The van der Waals surface area contributed by atoms with E-state index in [0.717, 1.165) is 17.0 Å². The topological polar surface area (TPSA) is 35.1 Å². The Morgan fingerprint density at radius 3 is 2.39 bits per heavy atom. The molecule has 114 valence electrons. The number of benzene rings is 1. The van der Waals surface area contributed by atoms with Gasteiger partial charge in [0.15, 0.2) is 5.78 Å². The first-order valence-corrected chi connectivity index (χ1v) is 7.40. The number of rotatable bonds is 5. The third-order valence-corrected chi connectivity index (χ3v) is 3.47. The summed E-state index contributed by atoms with van der Waals surface area (Å²) in [6, 6.07) is 15.2. The first kappa shape index (κ1) is 14.9. The van der Waals surface area contributed by atoms with Crippen molar-refractivity contribution < 1.29 is 9.21 Å². The minimum absolute atomic E-state index is 0.0174. The minimum atomic E-state index is -0.0174. The smallest absolute Gasteiger partial charge is 0.185 e. The highest BCUT2D eigenvalue weighted by atomic mass is 16.3. The van der Waals surface area contributed by atoms with Gasteiger partial charge in [-0.05, 0) is 73.2 Å². The van der Waals surface area contributed by atoms with E-state index in [9.17, 15) is 4.79 Å². The predicted octanol–water partition coefficient (Wildman–Crippen LogP) is 4.91. The summed E-state index contributed by atoms with van der Waals surface area (Å²) in [5, 5.41) is 0. The number of ketones is 1. The molecule has 3 heteroatoms. The molecule has 0 bridgehead atoms. The quantitative estimate of drug-likeness (QED) is 0.381. The van der Waals surface area contributed by atoms with Gasteiger partial charge in [0, 0.05) is 23.6 Å². The van der Waals surface area contributed by atoms with Crippen molar-refractivity contribution in [1.82, 2.24) is 4.57 Å². The highest BCUT2D eigenvalue weighted by Gasteiger charge is 2.02. The van der Waals surface area contributed by atoms with Gasteiger partial charge in [0.25, 0.3) is 0 Å². The van der Waals surface area contributed by atoms with Crippen molar-refractivity contribution in [2.45, 2.75) is 6.92 Å². The molecule has 0 aliphatic carbocycles. The van der Waals surface area contributed by atoms with Gasteiger partial charge in [-0.15, -0.1) is 0 Å². The van der Waals surface area contributed by atoms with Gasteiger partial charge in [-0.2, -0.15) is 0 Å². The van der Waals surface area contributed by atoms with Gasteiger partial charge in [-0.25, -0.2) is 0 Å². The first-order valence-electron chi connectivity index (χ1n) is 7.40. The van der Waals surface area contributed by atoms with Gasteiger partial charge in [-0.1, -0.05) is 6.08 Å². The molecule has 2 heterocycles. The Balaban J connectivity index is 1.69. The summed E-state index contributed by atoms with van der Waals surface area (Å²) in [6.07, 6.45) is 10.8. The Bertz CT molecular complexity index is 820. The van der Waals surface area contributed by atoms with E-state index in [1.807, 2.05) is 78.5 Å². The second kappa shape index (κ2) is 6.79. The maximum atomic E-state index is 12.2. The van der Waals surface area contributed by atoms with Gasteiger partial charge < -0.3 is 8.98 Å². The molecule has 0 spiro atoms. The average Bonchev–Trinajstić information content (AvgIpc) is 3.26. The summed E-state index contributed by atoms with van der Waals surface area (Å²) in [6.45, 7) is 1.93. The molecule has 3 aromatic rings. The fraction of sp³-hybridized carbons (Fsp3) is 0.0500. The third-order valence-electron chi connectivity index (χ3n) is 3.47. The van der Waals surface area contributed by atoms with Crippen molar-refractivity contribution in [3.05, 3.63) is 96.2 Å². The van der Waals surface area contributed by atoms with E-state index in [1.165, 1.54) is 0 Å². The SMILES string of the molecule is CC(/C=C/C(=O)c1ccc(-n2cccc2)cc1)=C\c1ccco1. The van der Waals surface area contributed by atoms with Crippen LogP contribution in [-0.4, -0.2) is 10.4 Å². The second-order valence-electron chi connectivity index (χ2n) is 5.24. The summed E-state index contributed by atoms with van der Waals surface area (Å²) < 4.78 is 7.25. The molecule has 3 nitrogen and oxygen atoms in total. The van der Waals surface area contributed by atoms with Crippen LogP contribution in [0.1, 0.15) is 23.0 Å². The van der Waals surface area contributed by atoms with Crippen LogP contribution in [0.2, 0.25) is 0 Å². The van der Waals surface area contributed by atoms with Crippen LogP contribution >= 0.6 is 0 Å². The highest BCUT2D eigenvalue weighted by molar-refractivity contribution is 6.04. The van der Waals surface area contributed by atoms with Crippen molar-refractivity contribution >= 4 is 11.9 Å². The largest absolute Gasteiger partial charge is 0.465 e. The molecule has 0 fully saturated rings. The van der Waals surface area contributed by atoms with Crippen molar-refractivity contribution in [3.63, 3.8) is 0 Å². The van der Waals surface area contributed by atoms with E-state index in [4.69, 9.17) is 4.42 Å². The number of carbonyl (C=O) groups excluding carboxylic acids is 1. The molecule has 3 rings (SSSR count). The first-order chi connectivity index (χ1) is 11.2. The molecule has 0 N–H and O–H groups in total. The summed E-state index contributed by atoms with van der Waals surface area (Å²) in [4.78, 5) is 12.2. The van der Waals surface area contributed by atoms with Crippen molar-refractivity contribution in [1.29, 1.82) is 0 Å². The molecule has 0 aliphatic heterocycles. The van der Waals surface area contributed by atoms with Crippen LogP contribution in [0.5, 0.6) is 0 Å². The van der Waals surface area contributed by atoms with Crippen LogP contribution < -0.4 is 0 Å². The Morgan fingerprint density at radius 2 is 1.74 bits per heavy atom. The number of hydrogen-bond acceptors (Lipinski definition) is 2. The lowest BCUT2D eigenvalue weighted by Gasteiger charge is -2.03. The Morgan fingerprint density at radius 1 is 1.00 bits per heavy atom. The minimum Gasteiger partial charge on any atom is -0.465 e. The van der Waals surface area contributed by atoms with Crippen LogP contribution in [0.15, 0.2) is 89.3 Å². The van der Waals surface area contributed by atoms with E-state index in [2.05, 4.69) is 0 Å². The molecule has 0 saturated carbocycles. The van der Waals surface area contributed by atoms with Gasteiger partial charge in [0.2, 0.25) is 0 Å². The third kappa shape index (κ3) is 3.77. The molecule has 2 aromatic heterocycles. The lowest BCUT2D eigenvalue weighted by molar-refractivity contribution is 0.104. The summed E-state index contributed by atoms with van der Waals surface area (Å²) in [5.74, 6) is 0.756. The summed E-state index contributed by atoms with van der Waals surface area (Å²) in [5.41, 5.74) is 2.66. The maximum absolute atomic E-state index is 12.2. The van der Waals surface area contributed by atoms with Gasteiger partial charge in [0.1, 0.15) is 5.76 Å². The van der Waals surface area contributed by atoms with E-state index in [0.29, 0.717) is 5.56 Å². The standard InChI is InChI=1S/C20H17NO2/c1-16(15-19-5-4-14-23-19)6-11-20(22)17-7-9-18(10-8-17)21-12-2-3-13-21/h2-15H,1H3/b11-6+,16-15+. The molecule has 0 unspecified atom stereocenters. The monoisotopic (exact) mass is 303 g/mol. The van der Waals surface area contributed by atoms with Gasteiger partial charge >= 0.3 is 0 Å². The lowest BCUT2D eigenvalue weighted by Crippen LogP contribution is -1.96. The van der Waals surface area contributed by atoms with Crippen molar-refractivity contribution in [2.75, 3.05) is 0 Å². The number of furan rings is 1. The predicted molar refractivity (Wildman–Crippen MR) is 91.6 cm³/mol. The molecule has 1 aromatic carbocycles. The van der Waals surface area contributed by atoms with E-state index in [-0.39, 0.29) is 5.78 Å². The fourth-order valence-corrected chi connectivity index (χ4v) is 2.25. The zero-order valence-electron chi connectivity index (χ0n) is 12.8. The van der Waals surface area contributed by atoms with Crippen LogP contribution in [-0.2, 0) is 0 Å². The van der Waals surface area contributed by atoms with Crippen LogP contribution in [0, 0.1) is 0 Å². The molecular formula is C20H17NO2. The zero-order valence-corrected chi connectivity index (χ0v) is 12.8. The summed E-state index contributed by atoms with van der Waals surface area (Å²) >= 11 is 0. The summed E-state index contributed by atoms with van der Waals surface area (Å²) in [7, 11) is 0. The lowest BCUT2D eigenvalue weighted by atomic mass is 10.1. The Hall–Kier alpha value is -3.07. The normalized spacial score (nSPS) is 12.0. The average molecular weight is 303 g/mol. The molecule has 0 amide bonds. The zero-order chi connectivity index (χ0) is 16.1. The second-order valence-corrected chi connectivity index (χ2v) is 5.24.